The van der Waals surface area contributed by atoms with E-state index in [0.29, 0.717) is 13.1 Å². The SMILES string of the molecule is [CH2]CNCCC(=O)O. The van der Waals surface area contributed by atoms with E-state index in [1.165, 1.54) is 0 Å². The summed E-state index contributed by atoms with van der Waals surface area (Å²) in [4.78, 5) is 9.81. The normalized spacial score (nSPS) is 9.12. The van der Waals surface area contributed by atoms with Crippen LogP contribution in [-0.4, -0.2) is 24.2 Å². The number of hydrogen-bond acceptors (Lipinski definition) is 2. The van der Waals surface area contributed by atoms with Gasteiger partial charge in [-0.2, -0.15) is 0 Å². The van der Waals surface area contributed by atoms with E-state index in [4.69, 9.17) is 5.11 Å². The number of aliphatic carboxylic acids is 1. The van der Waals surface area contributed by atoms with Gasteiger partial charge in [-0.1, -0.05) is 0 Å². The first kappa shape index (κ1) is 7.43. The molecule has 0 rings (SSSR count). The fourth-order valence-corrected chi connectivity index (χ4v) is 0.320. The molecule has 0 heterocycles. The molecule has 3 nitrogen and oxygen atoms in total. The van der Waals surface area contributed by atoms with E-state index in [2.05, 4.69) is 12.2 Å². The Bertz CT molecular complexity index is 72.8. The molecule has 0 aromatic heterocycles. The molecule has 2 N–H and O–H groups in total. The smallest absolute Gasteiger partial charge is 0.304 e. The lowest BCUT2D eigenvalue weighted by Gasteiger charge is -1.93. The lowest BCUT2D eigenvalue weighted by Crippen LogP contribution is -2.17. The molecule has 0 amide bonds. The van der Waals surface area contributed by atoms with Gasteiger partial charge in [-0.15, -0.1) is 0 Å². The summed E-state index contributed by atoms with van der Waals surface area (Å²) in [5, 5.41) is 10.9. The van der Waals surface area contributed by atoms with E-state index in [-0.39, 0.29) is 6.42 Å². The summed E-state index contributed by atoms with van der Waals surface area (Å²) < 4.78 is 0. The molecule has 0 aromatic rings. The van der Waals surface area contributed by atoms with Crippen LogP contribution in [0.5, 0.6) is 0 Å². The zero-order chi connectivity index (χ0) is 6.41. The first-order chi connectivity index (χ1) is 3.77. The second kappa shape index (κ2) is 4.59. The highest BCUT2D eigenvalue weighted by Crippen LogP contribution is 1.72. The van der Waals surface area contributed by atoms with E-state index in [1.807, 2.05) is 0 Å². The molecule has 0 aliphatic heterocycles. The molecular formula is C5H10NO2. The van der Waals surface area contributed by atoms with Crippen LogP contribution in [0.1, 0.15) is 6.42 Å². The summed E-state index contributed by atoms with van der Waals surface area (Å²) in [6.45, 7) is 4.58. The van der Waals surface area contributed by atoms with Crippen molar-refractivity contribution < 1.29 is 9.90 Å². The predicted molar refractivity (Wildman–Crippen MR) is 30.5 cm³/mol. The molecule has 0 saturated heterocycles. The molecule has 0 aliphatic rings. The zero-order valence-corrected chi connectivity index (χ0v) is 4.68. The van der Waals surface area contributed by atoms with E-state index in [0.717, 1.165) is 0 Å². The number of carbonyl (C=O) groups is 1. The van der Waals surface area contributed by atoms with Gasteiger partial charge >= 0.3 is 5.97 Å². The first-order valence-corrected chi connectivity index (χ1v) is 2.49. The minimum absolute atomic E-state index is 0.176. The van der Waals surface area contributed by atoms with Gasteiger partial charge in [-0.25, -0.2) is 0 Å². The fourth-order valence-electron chi connectivity index (χ4n) is 0.320. The molecule has 0 unspecified atom stereocenters. The third-order valence-electron chi connectivity index (χ3n) is 0.692. The highest BCUT2D eigenvalue weighted by atomic mass is 16.4. The van der Waals surface area contributed by atoms with E-state index < -0.39 is 5.97 Å². The Morgan fingerprint density at radius 2 is 2.38 bits per heavy atom. The van der Waals surface area contributed by atoms with Crippen molar-refractivity contribution >= 4 is 5.97 Å². The number of rotatable bonds is 4. The van der Waals surface area contributed by atoms with Crippen LogP contribution in [0.2, 0.25) is 0 Å². The van der Waals surface area contributed by atoms with Crippen LogP contribution in [0.25, 0.3) is 0 Å². The average molecular weight is 116 g/mol. The molecule has 1 radical (unpaired) electrons. The van der Waals surface area contributed by atoms with E-state index in [9.17, 15) is 4.79 Å². The minimum atomic E-state index is -0.772. The van der Waals surface area contributed by atoms with Crippen molar-refractivity contribution in [3.8, 4) is 0 Å². The Kier molecular flexibility index (Phi) is 4.26. The lowest BCUT2D eigenvalue weighted by molar-refractivity contribution is -0.136. The zero-order valence-electron chi connectivity index (χ0n) is 4.68. The monoisotopic (exact) mass is 116 g/mol. The third-order valence-corrected chi connectivity index (χ3v) is 0.692. The van der Waals surface area contributed by atoms with Gasteiger partial charge in [0.1, 0.15) is 0 Å². The maximum absolute atomic E-state index is 9.81. The Balaban J connectivity index is 2.82. The molecule has 0 fully saturated rings. The average Bonchev–Trinajstić information content (AvgIpc) is 1.66. The first-order valence-electron chi connectivity index (χ1n) is 2.49. The van der Waals surface area contributed by atoms with Crippen molar-refractivity contribution in [2.45, 2.75) is 6.42 Å². The summed E-state index contributed by atoms with van der Waals surface area (Å²) in [5.41, 5.74) is 0. The van der Waals surface area contributed by atoms with Crippen LogP contribution in [0.4, 0.5) is 0 Å². The molecule has 47 valence electrons. The quantitative estimate of drug-likeness (QED) is 0.504. The van der Waals surface area contributed by atoms with E-state index in [1.54, 1.807) is 0 Å². The van der Waals surface area contributed by atoms with Gasteiger partial charge in [0, 0.05) is 6.54 Å². The maximum atomic E-state index is 9.81. The van der Waals surface area contributed by atoms with Gasteiger partial charge in [0.15, 0.2) is 0 Å². The van der Waals surface area contributed by atoms with Crippen molar-refractivity contribution in [1.82, 2.24) is 5.32 Å². The summed E-state index contributed by atoms with van der Waals surface area (Å²) in [6, 6.07) is 0. The number of hydrogen-bond donors (Lipinski definition) is 2. The summed E-state index contributed by atoms with van der Waals surface area (Å²) in [7, 11) is 0. The van der Waals surface area contributed by atoms with Crippen LogP contribution in [0.15, 0.2) is 0 Å². The topological polar surface area (TPSA) is 49.3 Å². The van der Waals surface area contributed by atoms with Crippen LogP contribution in [-0.2, 0) is 4.79 Å². The number of carboxylic acid groups (broad SMARTS) is 1. The maximum Gasteiger partial charge on any atom is 0.304 e. The predicted octanol–water partition coefficient (Wildman–Crippen LogP) is -0.115. The van der Waals surface area contributed by atoms with Crippen LogP contribution in [0, 0.1) is 6.92 Å². The Morgan fingerprint density at radius 3 is 2.75 bits per heavy atom. The van der Waals surface area contributed by atoms with Crippen molar-refractivity contribution in [2.75, 3.05) is 13.1 Å². The molecule has 0 aromatic carbocycles. The van der Waals surface area contributed by atoms with Crippen LogP contribution >= 0.6 is 0 Å². The molecule has 0 atom stereocenters. The molecule has 8 heavy (non-hydrogen) atoms. The highest BCUT2D eigenvalue weighted by molar-refractivity contribution is 5.66. The molecular weight excluding hydrogens is 106 g/mol. The van der Waals surface area contributed by atoms with Crippen LogP contribution < -0.4 is 5.32 Å². The van der Waals surface area contributed by atoms with Gasteiger partial charge < -0.3 is 10.4 Å². The Morgan fingerprint density at radius 1 is 1.75 bits per heavy atom. The van der Waals surface area contributed by atoms with E-state index >= 15 is 0 Å². The van der Waals surface area contributed by atoms with Crippen molar-refractivity contribution in [3.05, 3.63) is 6.92 Å². The molecule has 3 heteroatoms. The highest BCUT2D eigenvalue weighted by Gasteiger charge is 1.91. The third kappa shape index (κ3) is 5.43. The minimum Gasteiger partial charge on any atom is -0.481 e. The second-order valence-electron chi connectivity index (χ2n) is 1.39. The van der Waals surface area contributed by atoms with Crippen molar-refractivity contribution in [2.24, 2.45) is 0 Å². The summed E-state index contributed by atoms with van der Waals surface area (Å²) in [5.74, 6) is -0.772. The van der Waals surface area contributed by atoms with Crippen LogP contribution in [0.3, 0.4) is 0 Å². The van der Waals surface area contributed by atoms with Gasteiger partial charge in [0.05, 0.1) is 6.42 Å². The molecule has 0 aliphatic carbocycles. The van der Waals surface area contributed by atoms with Crippen molar-refractivity contribution in [3.63, 3.8) is 0 Å². The largest absolute Gasteiger partial charge is 0.481 e. The number of nitrogens with one attached hydrogen (secondary N) is 1. The lowest BCUT2D eigenvalue weighted by atomic mass is 10.4. The summed E-state index contributed by atoms with van der Waals surface area (Å²) in [6.07, 6.45) is 0.176. The number of carboxylic acids is 1. The van der Waals surface area contributed by atoms with Crippen molar-refractivity contribution in [1.29, 1.82) is 0 Å². The standard InChI is InChI=1S/C5H10NO2/c1-2-6-4-3-5(7)8/h6H,1-4H2,(H,7,8). The second-order valence-corrected chi connectivity index (χ2v) is 1.39. The van der Waals surface area contributed by atoms with Gasteiger partial charge in [0.25, 0.3) is 0 Å². The van der Waals surface area contributed by atoms with Gasteiger partial charge in [-0.05, 0) is 13.5 Å². The van der Waals surface area contributed by atoms with Gasteiger partial charge in [0.2, 0.25) is 0 Å². The Labute approximate surface area is 48.7 Å². The molecule has 0 bridgehead atoms. The molecule has 0 saturated carbocycles. The molecule has 0 spiro atoms. The van der Waals surface area contributed by atoms with Gasteiger partial charge in [-0.3, -0.25) is 4.79 Å². The Hall–Kier alpha value is -0.570. The summed E-state index contributed by atoms with van der Waals surface area (Å²) >= 11 is 0. The fraction of sp³-hybridized carbons (Fsp3) is 0.600.